The highest BCUT2D eigenvalue weighted by atomic mass is 19.1. The Morgan fingerprint density at radius 1 is 0.771 bits per heavy atom. The lowest BCUT2D eigenvalue weighted by Crippen LogP contribution is -2.53. The van der Waals surface area contributed by atoms with Crippen LogP contribution in [-0.2, 0) is 38.5 Å². The Kier molecular flexibility index (Phi) is 9.36. The Bertz CT molecular complexity index is 1120. The summed E-state index contributed by atoms with van der Waals surface area (Å²) in [5.41, 5.74) is 1.83. The van der Waals surface area contributed by atoms with Gasteiger partial charge in [-0.3, -0.25) is 4.79 Å². The molecule has 2 atom stereocenters. The van der Waals surface area contributed by atoms with Crippen molar-refractivity contribution in [3.8, 4) is 0 Å². The normalized spacial score (nSPS) is 12.2. The van der Waals surface area contributed by atoms with Crippen LogP contribution in [0.3, 0.4) is 0 Å². The highest BCUT2D eigenvalue weighted by Gasteiger charge is 2.28. The second-order valence-electron chi connectivity index (χ2n) is 7.83. The smallest absolute Gasteiger partial charge is 0.408 e. The van der Waals surface area contributed by atoms with E-state index in [2.05, 4.69) is 10.6 Å². The molecule has 7 nitrogen and oxygen atoms in total. The monoisotopic (exact) mass is 478 g/mol. The number of amides is 2. The number of halogens is 1. The van der Waals surface area contributed by atoms with Gasteiger partial charge in [0.05, 0.1) is 7.11 Å². The summed E-state index contributed by atoms with van der Waals surface area (Å²) in [6, 6.07) is 22.0. The Morgan fingerprint density at radius 2 is 1.37 bits per heavy atom. The van der Waals surface area contributed by atoms with Crippen LogP contribution in [0.4, 0.5) is 9.18 Å². The first-order valence-corrected chi connectivity index (χ1v) is 11.1. The third kappa shape index (κ3) is 7.96. The summed E-state index contributed by atoms with van der Waals surface area (Å²) in [5, 5.41) is 5.17. The maximum Gasteiger partial charge on any atom is 0.408 e. The van der Waals surface area contributed by atoms with Crippen molar-refractivity contribution in [2.45, 2.75) is 31.5 Å². The van der Waals surface area contributed by atoms with Gasteiger partial charge in [-0.15, -0.1) is 0 Å². The lowest BCUT2D eigenvalue weighted by molar-refractivity contribution is -0.145. The van der Waals surface area contributed by atoms with E-state index >= 15 is 0 Å². The van der Waals surface area contributed by atoms with E-state index in [-0.39, 0.29) is 25.0 Å². The van der Waals surface area contributed by atoms with Crippen LogP contribution < -0.4 is 10.6 Å². The number of carbonyl (C=O) groups excluding carboxylic acids is 3. The number of hydrogen-bond donors (Lipinski definition) is 2. The largest absolute Gasteiger partial charge is 0.467 e. The molecule has 0 fully saturated rings. The zero-order valence-corrected chi connectivity index (χ0v) is 19.3. The van der Waals surface area contributed by atoms with Gasteiger partial charge in [-0.05, 0) is 22.8 Å². The van der Waals surface area contributed by atoms with Crippen molar-refractivity contribution in [1.82, 2.24) is 10.6 Å². The maximum absolute atomic E-state index is 14.2. The number of hydrogen-bond acceptors (Lipinski definition) is 5. The molecule has 0 aliphatic carbocycles. The van der Waals surface area contributed by atoms with Gasteiger partial charge in [0.1, 0.15) is 24.5 Å². The molecule has 35 heavy (non-hydrogen) atoms. The molecule has 0 aromatic heterocycles. The zero-order valence-electron chi connectivity index (χ0n) is 19.3. The summed E-state index contributed by atoms with van der Waals surface area (Å²) in [6.07, 6.45) is -0.740. The van der Waals surface area contributed by atoms with Crippen molar-refractivity contribution >= 4 is 18.0 Å². The molecular weight excluding hydrogens is 451 g/mol. The summed E-state index contributed by atoms with van der Waals surface area (Å²) in [4.78, 5) is 38.0. The van der Waals surface area contributed by atoms with E-state index < -0.39 is 35.9 Å². The number of nitrogens with one attached hydrogen (secondary N) is 2. The van der Waals surface area contributed by atoms with Crippen molar-refractivity contribution in [3.05, 3.63) is 107 Å². The molecule has 0 saturated carbocycles. The first-order valence-electron chi connectivity index (χ1n) is 11.1. The predicted molar refractivity (Wildman–Crippen MR) is 128 cm³/mol. The van der Waals surface area contributed by atoms with E-state index in [1.54, 1.807) is 6.07 Å². The van der Waals surface area contributed by atoms with Gasteiger partial charge in [-0.1, -0.05) is 78.9 Å². The van der Waals surface area contributed by atoms with Crippen LogP contribution >= 0.6 is 0 Å². The van der Waals surface area contributed by atoms with Gasteiger partial charge < -0.3 is 20.1 Å². The van der Waals surface area contributed by atoms with Gasteiger partial charge in [0, 0.05) is 12.8 Å². The highest BCUT2D eigenvalue weighted by Crippen LogP contribution is 2.11. The number of alkyl carbamates (subject to hydrolysis) is 1. The summed E-state index contributed by atoms with van der Waals surface area (Å²) >= 11 is 0. The fraction of sp³-hybridized carbons (Fsp3) is 0.222. The minimum absolute atomic E-state index is 0.0322. The summed E-state index contributed by atoms with van der Waals surface area (Å²) < 4.78 is 24.2. The lowest BCUT2D eigenvalue weighted by Gasteiger charge is -2.22. The molecule has 8 heteroatoms. The molecule has 2 amide bonds. The number of rotatable bonds is 10. The fourth-order valence-corrected chi connectivity index (χ4v) is 3.46. The first-order chi connectivity index (χ1) is 17.0. The summed E-state index contributed by atoms with van der Waals surface area (Å²) in [7, 11) is 1.18. The molecule has 182 valence electrons. The second-order valence-corrected chi connectivity index (χ2v) is 7.83. The fourth-order valence-electron chi connectivity index (χ4n) is 3.46. The predicted octanol–water partition coefficient (Wildman–Crippen LogP) is 3.56. The molecule has 3 rings (SSSR count). The zero-order chi connectivity index (χ0) is 25.0. The van der Waals surface area contributed by atoms with Gasteiger partial charge in [0.15, 0.2) is 0 Å². The van der Waals surface area contributed by atoms with Crippen molar-refractivity contribution in [1.29, 1.82) is 0 Å². The molecule has 3 aromatic carbocycles. The van der Waals surface area contributed by atoms with Crippen LogP contribution in [0.25, 0.3) is 0 Å². The van der Waals surface area contributed by atoms with E-state index in [0.717, 1.165) is 11.1 Å². The van der Waals surface area contributed by atoms with E-state index in [1.807, 2.05) is 60.7 Å². The van der Waals surface area contributed by atoms with Gasteiger partial charge in [-0.2, -0.15) is 0 Å². The van der Waals surface area contributed by atoms with Gasteiger partial charge in [0.2, 0.25) is 5.91 Å². The van der Waals surface area contributed by atoms with Crippen LogP contribution in [0.15, 0.2) is 84.9 Å². The average Bonchev–Trinajstić information content (AvgIpc) is 2.88. The molecule has 3 aromatic rings. The Hall–Kier alpha value is -4.20. The molecule has 2 N–H and O–H groups in total. The number of methoxy groups -OCH3 is 1. The van der Waals surface area contributed by atoms with Crippen molar-refractivity contribution in [2.75, 3.05) is 7.11 Å². The first kappa shape index (κ1) is 25.4. The standard InChI is InChI=1S/C27H27FN2O5/c1-34-26(32)24(17-21-14-8-9-15-22(21)28)29-25(31)23(16-19-10-4-2-5-11-19)30-27(33)35-18-20-12-6-3-7-13-20/h2-15,23-24H,16-18H2,1H3,(H,29,31)(H,30,33)/t23-,24+/m0/s1. The van der Waals surface area contributed by atoms with Crippen LogP contribution in [0.2, 0.25) is 0 Å². The molecule has 0 aliphatic rings. The van der Waals surface area contributed by atoms with Gasteiger partial charge in [-0.25, -0.2) is 14.0 Å². The van der Waals surface area contributed by atoms with Crippen molar-refractivity contribution in [3.63, 3.8) is 0 Å². The Balaban J connectivity index is 1.72. The third-order valence-electron chi connectivity index (χ3n) is 5.29. The van der Waals surface area contributed by atoms with Crippen LogP contribution in [0, 0.1) is 5.82 Å². The quantitative estimate of drug-likeness (QED) is 0.435. The minimum Gasteiger partial charge on any atom is -0.467 e. The summed E-state index contributed by atoms with van der Waals surface area (Å²) in [5.74, 6) is -1.86. The number of esters is 1. The number of carbonyl (C=O) groups is 3. The minimum atomic E-state index is -1.15. The van der Waals surface area contributed by atoms with Gasteiger partial charge >= 0.3 is 12.1 Å². The topological polar surface area (TPSA) is 93.7 Å². The SMILES string of the molecule is COC(=O)[C@@H](Cc1ccccc1F)NC(=O)[C@H](Cc1ccccc1)NC(=O)OCc1ccccc1. The van der Waals surface area contributed by atoms with Crippen LogP contribution in [0.5, 0.6) is 0 Å². The number of benzene rings is 3. The second kappa shape index (κ2) is 12.9. The molecule has 0 unspecified atom stereocenters. The molecule has 0 heterocycles. The van der Waals surface area contributed by atoms with E-state index in [9.17, 15) is 18.8 Å². The van der Waals surface area contributed by atoms with Gasteiger partial charge in [0.25, 0.3) is 0 Å². The lowest BCUT2D eigenvalue weighted by atomic mass is 10.0. The highest BCUT2D eigenvalue weighted by molar-refractivity contribution is 5.90. The molecular formula is C27H27FN2O5. The average molecular weight is 479 g/mol. The van der Waals surface area contributed by atoms with Crippen molar-refractivity contribution < 1.29 is 28.2 Å². The van der Waals surface area contributed by atoms with Crippen molar-refractivity contribution in [2.24, 2.45) is 0 Å². The van der Waals surface area contributed by atoms with E-state index in [0.29, 0.717) is 0 Å². The molecule has 0 radical (unpaired) electrons. The maximum atomic E-state index is 14.2. The van der Waals surface area contributed by atoms with Crippen LogP contribution in [0.1, 0.15) is 16.7 Å². The Labute approximate surface area is 203 Å². The Morgan fingerprint density at radius 3 is 2.00 bits per heavy atom. The summed E-state index contributed by atoms with van der Waals surface area (Å²) in [6.45, 7) is 0.0322. The van der Waals surface area contributed by atoms with Crippen LogP contribution in [-0.4, -0.2) is 37.2 Å². The van der Waals surface area contributed by atoms with E-state index in [4.69, 9.17) is 9.47 Å². The molecule has 0 spiro atoms. The van der Waals surface area contributed by atoms with E-state index in [1.165, 1.54) is 25.3 Å². The number of ether oxygens (including phenoxy) is 2. The molecule has 0 saturated heterocycles. The third-order valence-corrected chi connectivity index (χ3v) is 5.29. The molecule has 0 aliphatic heterocycles. The molecule has 0 bridgehead atoms.